The number of hydrogen-bond donors (Lipinski definition) is 0. The Balaban J connectivity index is 1.46. The van der Waals surface area contributed by atoms with Crippen LogP contribution in [0.4, 0.5) is 5.69 Å². The number of nitrogens with zero attached hydrogens (tertiary/aromatic N) is 3. The molecule has 150 valence electrons. The van der Waals surface area contributed by atoms with Gasteiger partial charge < -0.3 is 14.1 Å². The molecule has 0 aliphatic carbocycles. The molecule has 0 radical (unpaired) electrons. The number of rotatable bonds is 5. The number of aromatic nitrogens is 1. The van der Waals surface area contributed by atoms with E-state index in [0.29, 0.717) is 30.5 Å². The standard InChI is InChI=1S/C22H22ClN3O3/c1-15-20(24-22(29-15)18-8-3-4-9-19(18)23)13-25-10-11-26(21(27)14-25)16-6-5-7-17(12-16)28-2/h3-9,12H,10-11,13-14H2,1-2H3. The molecule has 3 aromatic rings. The van der Waals surface area contributed by atoms with Gasteiger partial charge >= 0.3 is 0 Å². The molecule has 0 spiro atoms. The summed E-state index contributed by atoms with van der Waals surface area (Å²) < 4.78 is 11.1. The molecule has 1 amide bonds. The first-order valence-electron chi connectivity index (χ1n) is 9.43. The summed E-state index contributed by atoms with van der Waals surface area (Å²) in [7, 11) is 1.62. The van der Waals surface area contributed by atoms with Crippen molar-refractivity contribution in [2.75, 3.05) is 31.6 Å². The molecule has 1 saturated heterocycles. The number of carbonyl (C=O) groups is 1. The molecule has 4 rings (SSSR count). The smallest absolute Gasteiger partial charge is 0.241 e. The number of amides is 1. The predicted octanol–water partition coefficient (Wildman–Crippen LogP) is 4.16. The molecule has 1 aliphatic rings. The predicted molar refractivity (Wildman–Crippen MR) is 112 cm³/mol. The van der Waals surface area contributed by atoms with E-state index >= 15 is 0 Å². The third-order valence-electron chi connectivity index (χ3n) is 5.04. The summed E-state index contributed by atoms with van der Waals surface area (Å²) in [6, 6.07) is 15.0. The highest BCUT2D eigenvalue weighted by Gasteiger charge is 2.26. The second-order valence-corrected chi connectivity index (χ2v) is 7.37. The molecular weight excluding hydrogens is 390 g/mol. The number of methoxy groups -OCH3 is 1. The van der Waals surface area contributed by atoms with Gasteiger partial charge in [-0.1, -0.05) is 29.8 Å². The molecule has 29 heavy (non-hydrogen) atoms. The molecule has 0 saturated carbocycles. The van der Waals surface area contributed by atoms with Crippen molar-refractivity contribution in [1.82, 2.24) is 9.88 Å². The molecule has 7 heteroatoms. The molecule has 2 aromatic carbocycles. The Morgan fingerprint density at radius 1 is 1.17 bits per heavy atom. The first-order valence-corrected chi connectivity index (χ1v) is 9.81. The fourth-order valence-corrected chi connectivity index (χ4v) is 3.66. The quantitative estimate of drug-likeness (QED) is 0.631. The molecule has 0 bridgehead atoms. The molecular formula is C22H22ClN3O3. The van der Waals surface area contributed by atoms with E-state index in [2.05, 4.69) is 9.88 Å². The van der Waals surface area contributed by atoms with Gasteiger partial charge in [-0.15, -0.1) is 0 Å². The lowest BCUT2D eigenvalue weighted by Gasteiger charge is -2.34. The van der Waals surface area contributed by atoms with Crippen LogP contribution in [-0.2, 0) is 11.3 Å². The first kappa shape index (κ1) is 19.5. The van der Waals surface area contributed by atoms with E-state index in [-0.39, 0.29) is 5.91 Å². The van der Waals surface area contributed by atoms with E-state index in [0.717, 1.165) is 35.0 Å². The maximum Gasteiger partial charge on any atom is 0.241 e. The molecule has 0 N–H and O–H groups in total. The van der Waals surface area contributed by atoms with E-state index < -0.39 is 0 Å². The number of benzene rings is 2. The number of ether oxygens (including phenoxy) is 1. The van der Waals surface area contributed by atoms with Crippen molar-refractivity contribution < 1.29 is 13.9 Å². The lowest BCUT2D eigenvalue weighted by Crippen LogP contribution is -2.50. The van der Waals surface area contributed by atoms with Gasteiger partial charge in [-0.25, -0.2) is 4.98 Å². The zero-order chi connectivity index (χ0) is 20.4. The summed E-state index contributed by atoms with van der Waals surface area (Å²) in [6.45, 7) is 4.12. The highest BCUT2D eigenvalue weighted by molar-refractivity contribution is 6.33. The summed E-state index contributed by atoms with van der Waals surface area (Å²) in [5.41, 5.74) is 2.44. The summed E-state index contributed by atoms with van der Waals surface area (Å²) in [4.78, 5) is 21.2. The second kappa shape index (κ2) is 8.27. The van der Waals surface area contributed by atoms with Crippen LogP contribution in [0.15, 0.2) is 52.9 Å². The number of hydrogen-bond acceptors (Lipinski definition) is 5. The largest absolute Gasteiger partial charge is 0.497 e. The maximum absolute atomic E-state index is 12.7. The van der Waals surface area contributed by atoms with Crippen molar-refractivity contribution in [2.45, 2.75) is 13.5 Å². The van der Waals surface area contributed by atoms with Gasteiger partial charge in [-0.05, 0) is 31.2 Å². The molecule has 1 aromatic heterocycles. The zero-order valence-electron chi connectivity index (χ0n) is 16.4. The summed E-state index contributed by atoms with van der Waals surface area (Å²) in [6.07, 6.45) is 0. The van der Waals surface area contributed by atoms with Crippen LogP contribution < -0.4 is 9.64 Å². The second-order valence-electron chi connectivity index (χ2n) is 6.96. The highest BCUT2D eigenvalue weighted by Crippen LogP contribution is 2.29. The van der Waals surface area contributed by atoms with E-state index in [4.69, 9.17) is 20.8 Å². The summed E-state index contributed by atoms with van der Waals surface area (Å²) >= 11 is 6.26. The van der Waals surface area contributed by atoms with Crippen molar-refractivity contribution in [3.8, 4) is 17.2 Å². The molecule has 1 fully saturated rings. The van der Waals surface area contributed by atoms with Crippen molar-refractivity contribution in [3.63, 3.8) is 0 Å². The topological polar surface area (TPSA) is 58.8 Å². The lowest BCUT2D eigenvalue weighted by molar-refractivity contribution is -0.121. The third kappa shape index (κ3) is 4.13. The number of anilines is 1. The molecule has 0 atom stereocenters. The first-order chi connectivity index (χ1) is 14.0. The molecule has 1 aliphatic heterocycles. The van der Waals surface area contributed by atoms with Crippen LogP contribution in [0.25, 0.3) is 11.5 Å². The highest BCUT2D eigenvalue weighted by atomic mass is 35.5. The van der Waals surface area contributed by atoms with Crippen LogP contribution in [-0.4, -0.2) is 42.5 Å². The van der Waals surface area contributed by atoms with Crippen molar-refractivity contribution in [2.24, 2.45) is 0 Å². The van der Waals surface area contributed by atoms with Gasteiger partial charge in [0.05, 0.1) is 29.9 Å². The van der Waals surface area contributed by atoms with Crippen LogP contribution in [0, 0.1) is 6.92 Å². The van der Waals surface area contributed by atoms with Crippen LogP contribution >= 0.6 is 11.6 Å². The Labute approximate surface area is 174 Å². The Hall–Kier alpha value is -2.83. The van der Waals surface area contributed by atoms with Crippen LogP contribution in [0.1, 0.15) is 11.5 Å². The summed E-state index contributed by atoms with van der Waals surface area (Å²) in [5.74, 6) is 2.03. The summed E-state index contributed by atoms with van der Waals surface area (Å²) in [5, 5.41) is 0.599. The van der Waals surface area contributed by atoms with Gasteiger partial charge in [0.15, 0.2) is 0 Å². The van der Waals surface area contributed by atoms with Gasteiger partial charge in [0, 0.05) is 31.4 Å². The molecule has 6 nitrogen and oxygen atoms in total. The van der Waals surface area contributed by atoms with Crippen molar-refractivity contribution in [3.05, 3.63) is 65.0 Å². The number of aryl methyl sites for hydroxylation is 1. The number of carbonyl (C=O) groups excluding carboxylic acids is 1. The van der Waals surface area contributed by atoms with Gasteiger partial charge in [-0.2, -0.15) is 0 Å². The number of halogens is 1. The average molecular weight is 412 g/mol. The Morgan fingerprint density at radius 3 is 2.76 bits per heavy atom. The fraction of sp³-hybridized carbons (Fsp3) is 0.273. The molecule has 0 unspecified atom stereocenters. The normalized spacial score (nSPS) is 15.0. The fourth-order valence-electron chi connectivity index (χ4n) is 3.44. The van der Waals surface area contributed by atoms with Crippen molar-refractivity contribution in [1.29, 1.82) is 0 Å². The van der Waals surface area contributed by atoms with E-state index in [1.54, 1.807) is 12.0 Å². The lowest BCUT2D eigenvalue weighted by atomic mass is 10.2. The van der Waals surface area contributed by atoms with Gasteiger partial charge in [0.2, 0.25) is 11.8 Å². The monoisotopic (exact) mass is 411 g/mol. The van der Waals surface area contributed by atoms with Gasteiger partial charge in [0.1, 0.15) is 11.5 Å². The number of piperazine rings is 1. The van der Waals surface area contributed by atoms with Gasteiger partial charge in [0.25, 0.3) is 0 Å². The van der Waals surface area contributed by atoms with E-state index in [9.17, 15) is 4.79 Å². The van der Waals surface area contributed by atoms with E-state index in [1.807, 2.05) is 55.5 Å². The Bertz CT molecular complexity index is 1030. The Kier molecular flexibility index (Phi) is 5.56. The molecule has 2 heterocycles. The number of oxazole rings is 1. The average Bonchev–Trinajstić information content (AvgIpc) is 3.08. The minimum atomic E-state index is 0.0528. The minimum Gasteiger partial charge on any atom is -0.497 e. The maximum atomic E-state index is 12.7. The van der Waals surface area contributed by atoms with E-state index in [1.165, 1.54) is 0 Å². The SMILES string of the molecule is COc1cccc(N2CCN(Cc3nc(-c4ccccc4Cl)oc3C)CC2=O)c1. The zero-order valence-corrected chi connectivity index (χ0v) is 17.1. The van der Waals surface area contributed by atoms with Gasteiger partial charge in [-0.3, -0.25) is 9.69 Å². The minimum absolute atomic E-state index is 0.0528. The van der Waals surface area contributed by atoms with Crippen LogP contribution in [0.5, 0.6) is 5.75 Å². The van der Waals surface area contributed by atoms with Crippen LogP contribution in [0.3, 0.4) is 0 Å². The Morgan fingerprint density at radius 2 is 2.00 bits per heavy atom. The van der Waals surface area contributed by atoms with Crippen LogP contribution in [0.2, 0.25) is 5.02 Å². The van der Waals surface area contributed by atoms with Crippen molar-refractivity contribution >= 4 is 23.2 Å². The third-order valence-corrected chi connectivity index (χ3v) is 5.36.